The quantitative estimate of drug-likeness (QED) is 0.0416. The number of thioether (sulfide) groups is 1. The maximum atomic E-state index is 13.2. The number of anilines is 2. The number of carboxylic acid groups (broad SMARTS) is 2. The first kappa shape index (κ1) is 33.6. The molecule has 0 bridgehead atoms. The van der Waals surface area contributed by atoms with Crippen LogP contribution in [0.1, 0.15) is 26.1 Å². The van der Waals surface area contributed by atoms with E-state index in [9.17, 15) is 29.4 Å². The van der Waals surface area contributed by atoms with Gasteiger partial charge < -0.3 is 36.0 Å². The van der Waals surface area contributed by atoms with Crippen LogP contribution in [-0.4, -0.2) is 105 Å². The monoisotopic (exact) mass is 689 g/mol. The van der Waals surface area contributed by atoms with E-state index in [1.54, 1.807) is 0 Å². The van der Waals surface area contributed by atoms with Crippen LogP contribution in [0.15, 0.2) is 28.7 Å². The average Bonchev–Trinajstić information content (AvgIpc) is 3.56. The molecule has 5 rings (SSSR count). The Kier molecular flexibility index (Phi) is 9.67. The van der Waals surface area contributed by atoms with Gasteiger partial charge in [-0.2, -0.15) is 9.36 Å². The number of nitrogens with one attached hydrogen (secondary N) is 2. The molecule has 0 radical (unpaired) electrons. The molecule has 2 aromatic heterocycles. The Bertz CT molecular complexity index is 1690. The number of rotatable bonds is 9. The first-order chi connectivity index (χ1) is 21.0. The maximum absolute atomic E-state index is 13.2. The number of β-lactam (4-membered cyclic amide) rings is 1. The predicted molar refractivity (Wildman–Crippen MR) is 153 cm³/mol. The van der Waals surface area contributed by atoms with Gasteiger partial charge in [0.25, 0.3) is 11.8 Å². The second kappa shape index (κ2) is 13.0. The highest BCUT2D eigenvalue weighted by Gasteiger charge is 2.55. The second-order valence-corrected chi connectivity index (χ2v) is 12.8. The van der Waals surface area contributed by atoms with Gasteiger partial charge in [-0.25, -0.2) is 18.0 Å². The summed E-state index contributed by atoms with van der Waals surface area (Å²) in [6.07, 6.45) is 2.80. The minimum absolute atomic E-state index is 0.0309. The van der Waals surface area contributed by atoms with Crippen molar-refractivity contribution >= 4 is 74.1 Å². The largest absolute Gasteiger partial charge is 0.726 e. The molecule has 1 fully saturated rings. The summed E-state index contributed by atoms with van der Waals surface area (Å²) in [7, 11) is -4.92. The highest BCUT2D eigenvalue weighted by Crippen LogP contribution is 2.40. The van der Waals surface area contributed by atoms with E-state index in [0.717, 1.165) is 36.9 Å². The molecule has 3 aliphatic heterocycles. The first-order valence-electron chi connectivity index (χ1n) is 12.8. The average molecular weight is 690 g/mol. The summed E-state index contributed by atoms with van der Waals surface area (Å²) < 4.78 is 40.7. The molecule has 0 aliphatic carbocycles. The Morgan fingerprint density at radius 2 is 2.04 bits per heavy atom. The van der Waals surface area contributed by atoms with Crippen LogP contribution in [0.4, 0.5) is 10.9 Å². The van der Waals surface area contributed by atoms with Gasteiger partial charge in [0.05, 0.1) is 12.6 Å². The molecule has 20 nitrogen and oxygen atoms in total. The Labute approximate surface area is 262 Å². The van der Waals surface area contributed by atoms with Gasteiger partial charge in [0.15, 0.2) is 23.7 Å². The molecule has 2 aromatic rings. The van der Waals surface area contributed by atoms with Crippen LogP contribution < -0.4 is 21.0 Å². The number of nitrogens with two attached hydrogens (primary N) is 1. The SMILES string of the molecule is CC(C)(ON=C(C(=O)N[C@@H]1C(=O)N2C(C(=O)O)=C(C[n+]3ccc4n3CCCN4)CS[C@H]12)c1nsc(N)n1)C(=O)O.O=S(=O)([O-])O. The number of nitrogen functional groups attached to an aromatic ring is 1. The maximum Gasteiger partial charge on any atom is 0.352 e. The molecule has 0 spiro atoms. The van der Waals surface area contributed by atoms with Crippen LogP contribution in [0.25, 0.3) is 0 Å². The lowest BCUT2D eigenvalue weighted by Crippen LogP contribution is -2.71. The van der Waals surface area contributed by atoms with Crippen LogP contribution in [0, 0.1) is 0 Å². The van der Waals surface area contributed by atoms with Gasteiger partial charge >= 0.3 is 11.9 Å². The molecule has 1 saturated heterocycles. The minimum atomic E-state index is -4.92. The fraction of sp³-hybridized carbons (Fsp3) is 0.455. The van der Waals surface area contributed by atoms with Crippen molar-refractivity contribution in [3.63, 3.8) is 0 Å². The van der Waals surface area contributed by atoms with E-state index in [0.29, 0.717) is 11.3 Å². The van der Waals surface area contributed by atoms with Crippen LogP contribution in [0.3, 0.4) is 0 Å². The van der Waals surface area contributed by atoms with E-state index in [1.807, 2.05) is 21.6 Å². The van der Waals surface area contributed by atoms with Crippen molar-refractivity contribution < 1.29 is 56.4 Å². The Hall–Kier alpha value is -4.32. The van der Waals surface area contributed by atoms with Gasteiger partial charge in [0.2, 0.25) is 27.5 Å². The highest BCUT2D eigenvalue weighted by molar-refractivity contribution is 8.00. The van der Waals surface area contributed by atoms with Crippen molar-refractivity contribution in [1.29, 1.82) is 0 Å². The lowest BCUT2D eigenvalue weighted by molar-refractivity contribution is -0.768. The third-order valence-electron chi connectivity index (χ3n) is 6.48. The number of fused-ring (bicyclic) bond motifs is 2. The number of hydrogen-bond donors (Lipinski definition) is 6. The Morgan fingerprint density at radius 1 is 1.36 bits per heavy atom. The Balaban J connectivity index is 0.000000854. The standard InChI is InChI=1S/C22H25N9O7S2.H2O4S/c1-22(2,20(36)37)38-27-12(15-26-21(23)40-28-15)16(32)25-13-17(33)31-14(19(34)35)10(9-39-18(13)31)8-29-7-4-11-24-5-3-6-30(11)29;1-5(2,3)4/h4,7,13,18H,3,5-6,8-9H2,1-2H3,(H5,23,25,26,28,32,34,35,36,37);(H2,1,2,3,4)/t13-,18-;/m1./s1. The molecule has 0 saturated carbocycles. The highest BCUT2D eigenvalue weighted by atomic mass is 32.3. The van der Waals surface area contributed by atoms with E-state index in [-0.39, 0.29) is 23.2 Å². The van der Waals surface area contributed by atoms with Crippen molar-refractivity contribution in [2.24, 2.45) is 5.16 Å². The number of carbonyl (C=O) groups excluding carboxylic acids is 2. The molecule has 0 aromatic carbocycles. The lowest BCUT2D eigenvalue weighted by atomic mass is 10.0. The minimum Gasteiger partial charge on any atom is -0.726 e. The number of hydrogen-bond acceptors (Lipinski definition) is 15. The van der Waals surface area contributed by atoms with Crippen LogP contribution in [-0.2, 0) is 47.5 Å². The van der Waals surface area contributed by atoms with Crippen molar-refractivity contribution in [1.82, 2.24) is 24.3 Å². The lowest BCUT2D eigenvalue weighted by Gasteiger charge is -2.49. The summed E-state index contributed by atoms with van der Waals surface area (Å²) in [5, 5.41) is 28.2. The van der Waals surface area contributed by atoms with Gasteiger partial charge in [-0.05, 0) is 20.3 Å². The van der Waals surface area contributed by atoms with E-state index in [4.69, 9.17) is 28.1 Å². The zero-order valence-corrected chi connectivity index (χ0v) is 25.9. The zero-order valence-electron chi connectivity index (χ0n) is 23.4. The number of carboxylic acids is 2. The fourth-order valence-electron chi connectivity index (χ4n) is 4.37. The van der Waals surface area contributed by atoms with E-state index in [1.165, 1.54) is 30.5 Å². The van der Waals surface area contributed by atoms with Gasteiger partial charge in [-0.15, -0.1) is 21.1 Å². The summed E-state index contributed by atoms with van der Waals surface area (Å²) in [6, 6.07) is 0.852. The molecule has 244 valence electrons. The number of oxime groups is 1. The van der Waals surface area contributed by atoms with E-state index < -0.39 is 56.9 Å². The first-order valence-corrected chi connectivity index (χ1v) is 16.0. The van der Waals surface area contributed by atoms with Crippen molar-refractivity contribution in [2.45, 2.75) is 50.4 Å². The van der Waals surface area contributed by atoms with Crippen LogP contribution in [0.5, 0.6) is 0 Å². The number of aromatic nitrogens is 4. The molecule has 2 atom stereocenters. The summed E-state index contributed by atoms with van der Waals surface area (Å²) in [5.41, 5.74) is 3.83. The molecular formula is C22H27N9O11S3. The summed E-state index contributed by atoms with van der Waals surface area (Å²) in [4.78, 5) is 60.2. The van der Waals surface area contributed by atoms with E-state index >= 15 is 0 Å². The molecule has 7 N–H and O–H groups in total. The number of aliphatic carboxylic acids is 2. The molecule has 3 aliphatic rings. The summed E-state index contributed by atoms with van der Waals surface area (Å²) in [6.45, 7) is 4.41. The van der Waals surface area contributed by atoms with Gasteiger partial charge in [-0.3, -0.25) is 19.0 Å². The number of carbonyl (C=O) groups is 4. The predicted octanol–water partition coefficient (Wildman–Crippen LogP) is -1.95. The number of nitrogens with zero attached hydrogens (tertiary/aromatic N) is 6. The van der Waals surface area contributed by atoms with E-state index in [2.05, 4.69) is 25.1 Å². The third-order valence-corrected chi connectivity index (χ3v) is 8.37. The number of amides is 2. The summed E-state index contributed by atoms with van der Waals surface area (Å²) in [5.74, 6) is -3.03. The fourth-order valence-corrected chi connectivity index (χ4v) is 6.14. The molecule has 23 heteroatoms. The van der Waals surface area contributed by atoms with Crippen LogP contribution >= 0.6 is 23.3 Å². The normalized spacial score (nSPS) is 19.7. The molecule has 0 unspecified atom stereocenters. The molecule has 45 heavy (non-hydrogen) atoms. The van der Waals surface area contributed by atoms with Crippen molar-refractivity contribution in [3.05, 3.63) is 29.4 Å². The molecular weight excluding hydrogens is 662 g/mol. The zero-order chi connectivity index (χ0) is 33.3. The van der Waals surface area contributed by atoms with Gasteiger partial charge in [-0.1, -0.05) is 5.16 Å². The van der Waals surface area contributed by atoms with Crippen LogP contribution in [0.2, 0.25) is 0 Å². The molecule has 2 amide bonds. The van der Waals surface area contributed by atoms with Crippen molar-refractivity contribution in [2.75, 3.05) is 23.3 Å². The van der Waals surface area contributed by atoms with Gasteiger partial charge in [0, 0.05) is 29.4 Å². The Morgan fingerprint density at radius 3 is 2.64 bits per heavy atom. The topological polar surface area (TPSA) is 296 Å². The second-order valence-electron chi connectivity index (χ2n) is 10.1. The third kappa shape index (κ3) is 7.67. The molecule has 5 heterocycles. The smallest absolute Gasteiger partial charge is 0.352 e. The van der Waals surface area contributed by atoms with Crippen molar-refractivity contribution in [3.8, 4) is 0 Å². The van der Waals surface area contributed by atoms with Gasteiger partial charge in [0.1, 0.15) is 17.1 Å². The summed E-state index contributed by atoms with van der Waals surface area (Å²) >= 11 is 2.11.